The first kappa shape index (κ1) is 27.3. The van der Waals surface area contributed by atoms with E-state index in [4.69, 9.17) is 9.15 Å². The molecule has 0 aliphatic carbocycles. The summed E-state index contributed by atoms with van der Waals surface area (Å²) < 4.78 is 54.9. The van der Waals surface area contributed by atoms with Gasteiger partial charge in [-0.2, -0.15) is 8.78 Å². The van der Waals surface area contributed by atoms with Crippen LogP contribution in [0.25, 0.3) is 22.5 Å². The predicted molar refractivity (Wildman–Crippen MR) is 149 cm³/mol. The molecule has 11 nitrogen and oxygen atoms in total. The quantitative estimate of drug-likeness (QED) is 0.267. The van der Waals surface area contributed by atoms with Gasteiger partial charge in [0.15, 0.2) is 0 Å². The second-order valence-corrected chi connectivity index (χ2v) is 10.6. The standard InChI is InChI=1S/C29H27F3N8O3/c30-22-10-24-25(11-23(22)38-8-6-37(7-9-38)14-18-2-1-5-33-12-18)40(21-16-42-17-21)29(41)39(24)15-20-4-3-19(13-34-20)27-35-36-28(43-27)26(31)32/h1-5,10-13,21,26H,6-9,14-17H2. The number of halogens is 3. The van der Waals surface area contributed by atoms with Crippen LogP contribution in [0.1, 0.15) is 29.6 Å². The number of pyridine rings is 2. The molecule has 0 saturated carbocycles. The molecule has 0 unspecified atom stereocenters. The van der Waals surface area contributed by atoms with Crippen LogP contribution in [0.4, 0.5) is 18.9 Å². The number of anilines is 1. The largest absolute Gasteiger partial charge is 0.415 e. The van der Waals surface area contributed by atoms with Gasteiger partial charge in [-0.25, -0.2) is 9.18 Å². The zero-order valence-electron chi connectivity index (χ0n) is 22.9. The van der Waals surface area contributed by atoms with Crippen molar-refractivity contribution in [2.45, 2.75) is 25.6 Å². The van der Waals surface area contributed by atoms with E-state index in [0.717, 1.165) is 25.2 Å². The van der Waals surface area contributed by atoms with Gasteiger partial charge in [0.1, 0.15) is 5.82 Å². The Morgan fingerprint density at radius 3 is 2.47 bits per heavy atom. The molecule has 222 valence electrons. The zero-order chi connectivity index (χ0) is 29.5. The van der Waals surface area contributed by atoms with Gasteiger partial charge in [0.2, 0.25) is 5.89 Å². The van der Waals surface area contributed by atoms with E-state index in [-0.39, 0.29) is 24.2 Å². The van der Waals surface area contributed by atoms with Crippen molar-refractivity contribution in [1.82, 2.24) is 34.2 Å². The molecular formula is C29H27F3N8O3. The van der Waals surface area contributed by atoms with Crippen LogP contribution < -0.4 is 10.6 Å². The number of hydrogen-bond acceptors (Lipinski definition) is 9. The van der Waals surface area contributed by atoms with Gasteiger partial charge in [0.25, 0.3) is 5.89 Å². The van der Waals surface area contributed by atoms with Crippen LogP contribution in [0, 0.1) is 5.82 Å². The van der Waals surface area contributed by atoms with Crippen molar-refractivity contribution in [3.63, 3.8) is 0 Å². The van der Waals surface area contributed by atoms with Gasteiger partial charge in [-0.15, -0.1) is 10.2 Å². The molecule has 1 aromatic carbocycles. The molecule has 6 heterocycles. The van der Waals surface area contributed by atoms with Gasteiger partial charge in [-0.3, -0.25) is 24.0 Å². The Morgan fingerprint density at radius 1 is 0.977 bits per heavy atom. The van der Waals surface area contributed by atoms with E-state index < -0.39 is 18.1 Å². The average Bonchev–Trinajstić information content (AvgIpc) is 3.58. The lowest BCUT2D eigenvalue weighted by molar-refractivity contribution is -0.0231. The van der Waals surface area contributed by atoms with Crippen molar-refractivity contribution in [3.05, 3.63) is 88.4 Å². The summed E-state index contributed by atoms with van der Waals surface area (Å²) in [6.07, 6.45) is 2.15. The smallest absolute Gasteiger partial charge is 0.329 e. The molecular weight excluding hydrogens is 565 g/mol. The van der Waals surface area contributed by atoms with Crippen molar-refractivity contribution in [2.24, 2.45) is 0 Å². The number of imidazole rings is 1. The van der Waals surface area contributed by atoms with Gasteiger partial charge in [-0.05, 0) is 29.8 Å². The number of aromatic nitrogens is 6. The summed E-state index contributed by atoms with van der Waals surface area (Å²) in [6, 6.07) is 10.2. The number of hydrogen-bond donors (Lipinski definition) is 0. The third kappa shape index (κ3) is 5.27. The molecule has 0 N–H and O–H groups in total. The number of fused-ring (bicyclic) bond motifs is 1. The van der Waals surface area contributed by atoms with E-state index in [1.54, 1.807) is 29.0 Å². The zero-order valence-corrected chi connectivity index (χ0v) is 22.9. The number of nitrogens with zero attached hydrogens (tertiary/aromatic N) is 8. The SMILES string of the molecule is O=c1n(Cc2ccc(-c3nnc(C(F)F)o3)cn2)c2cc(F)c(N3CCN(Cc4cccnc4)CC3)cc2n1C1COC1. The summed E-state index contributed by atoms with van der Waals surface area (Å²) in [5.41, 5.74) is 3.28. The molecule has 0 radical (unpaired) electrons. The highest BCUT2D eigenvalue weighted by Crippen LogP contribution is 2.30. The molecule has 0 spiro atoms. The number of rotatable bonds is 8. The fourth-order valence-corrected chi connectivity index (χ4v) is 5.55. The third-order valence-corrected chi connectivity index (χ3v) is 7.88. The lowest BCUT2D eigenvalue weighted by Crippen LogP contribution is -2.46. The maximum atomic E-state index is 15.7. The van der Waals surface area contributed by atoms with Gasteiger partial charge in [0.05, 0.1) is 53.8 Å². The Morgan fingerprint density at radius 2 is 1.81 bits per heavy atom. The molecule has 43 heavy (non-hydrogen) atoms. The maximum Gasteiger partial charge on any atom is 0.329 e. The highest BCUT2D eigenvalue weighted by atomic mass is 19.3. The Balaban J connectivity index is 1.15. The molecule has 14 heteroatoms. The molecule has 5 aromatic rings. The van der Waals surface area contributed by atoms with E-state index in [2.05, 4.69) is 25.1 Å². The minimum Gasteiger partial charge on any atom is -0.415 e. The van der Waals surface area contributed by atoms with Crippen LogP contribution in [0.2, 0.25) is 0 Å². The Kier molecular flexibility index (Phi) is 7.15. The summed E-state index contributed by atoms with van der Waals surface area (Å²) in [5, 5.41) is 6.97. The Labute approximate surface area is 243 Å². The van der Waals surface area contributed by atoms with Gasteiger partial charge >= 0.3 is 12.1 Å². The average molecular weight is 593 g/mol. The van der Waals surface area contributed by atoms with E-state index in [9.17, 15) is 13.6 Å². The number of benzene rings is 1. The van der Waals surface area contributed by atoms with E-state index in [0.29, 0.717) is 54.3 Å². The van der Waals surface area contributed by atoms with Crippen molar-refractivity contribution in [1.29, 1.82) is 0 Å². The third-order valence-electron chi connectivity index (χ3n) is 7.88. The van der Waals surface area contributed by atoms with Gasteiger partial charge in [-0.1, -0.05) is 6.07 Å². The first-order valence-electron chi connectivity index (χ1n) is 13.9. The van der Waals surface area contributed by atoms with Crippen molar-refractivity contribution < 1.29 is 22.3 Å². The van der Waals surface area contributed by atoms with E-state index in [1.165, 1.54) is 16.8 Å². The van der Waals surface area contributed by atoms with Crippen LogP contribution >= 0.6 is 0 Å². The lowest BCUT2D eigenvalue weighted by Gasteiger charge is -2.36. The molecule has 2 aliphatic heterocycles. The Bertz CT molecular complexity index is 1790. The molecule has 7 rings (SSSR count). The number of alkyl halides is 2. The van der Waals surface area contributed by atoms with Crippen molar-refractivity contribution >= 4 is 16.7 Å². The topological polar surface area (TPSA) is 107 Å². The molecule has 2 saturated heterocycles. The summed E-state index contributed by atoms with van der Waals surface area (Å²) >= 11 is 0. The first-order chi connectivity index (χ1) is 20.9. The van der Waals surface area contributed by atoms with Crippen LogP contribution in [0.15, 0.2) is 64.2 Å². The van der Waals surface area contributed by atoms with E-state index in [1.807, 2.05) is 23.2 Å². The second-order valence-electron chi connectivity index (χ2n) is 10.6. The van der Waals surface area contributed by atoms with E-state index >= 15 is 4.39 Å². The van der Waals surface area contributed by atoms with Crippen molar-refractivity contribution in [2.75, 3.05) is 44.3 Å². The summed E-state index contributed by atoms with van der Waals surface area (Å²) in [5.74, 6) is -1.26. The molecule has 4 aromatic heterocycles. The second kappa shape index (κ2) is 11.3. The fourth-order valence-electron chi connectivity index (χ4n) is 5.55. The van der Waals surface area contributed by atoms with Crippen LogP contribution in [-0.4, -0.2) is 73.6 Å². The summed E-state index contributed by atoms with van der Waals surface area (Å²) in [7, 11) is 0. The van der Waals surface area contributed by atoms with Crippen LogP contribution in [0.5, 0.6) is 0 Å². The normalized spacial score (nSPS) is 16.3. The summed E-state index contributed by atoms with van der Waals surface area (Å²) in [4.78, 5) is 26.6. The molecule has 2 aliphatic rings. The number of ether oxygens (including phenoxy) is 1. The monoisotopic (exact) mass is 592 g/mol. The number of piperazine rings is 1. The summed E-state index contributed by atoms with van der Waals surface area (Å²) in [6.45, 7) is 4.50. The van der Waals surface area contributed by atoms with Crippen LogP contribution in [0.3, 0.4) is 0 Å². The molecule has 2 fully saturated rings. The Hall–Kier alpha value is -4.56. The lowest BCUT2D eigenvalue weighted by atomic mass is 10.1. The molecule has 0 amide bonds. The van der Waals surface area contributed by atoms with Crippen LogP contribution in [-0.2, 0) is 17.8 Å². The minimum atomic E-state index is -2.87. The first-order valence-corrected chi connectivity index (χ1v) is 13.9. The minimum absolute atomic E-state index is 0.0775. The fraction of sp³-hybridized carbons (Fsp3) is 0.345. The molecule has 0 bridgehead atoms. The molecule has 0 atom stereocenters. The van der Waals surface area contributed by atoms with Gasteiger partial charge in [0, 0.05) is 57.4 Å². The highest BCUT2D eigenvalue weighted by Gasteiger charge is 2.29. The van der Waals surface area contributed by atoms with Gasteiger partial charge < -0.3 is 14.1 Å². The predicted octanol–water partition coefficient (Wildman–Crippen LogP) is 3.66. The maximum absolute atomic E-state index is 15.7. The van der Waals surface area contributed by atoms with Crippen molar-refractivity contribution in [3.8, 4) is 11.5 Å². The highest BCUT2D eigenvalue weighted by molar-refractivity contribution is 5.81.